The second-order valence-electron chi connectivity index (χ2n) is 6.28. The van der Waals surface area contributed by atoms with E-state index >= 15 is 0 Å². The van der Waals surface area contributed by atoms with Crippen LogP contribution in [-0.2, 0) is 6.42 Å². The molecule has 0 fully saturated rings. The molecule has 27 heavy (non-hydrogen) atoms. The zero-order valence-corrected chi connectivity index (χ0v) is 15.8. The van der Waals surface area contributed by atoms with E-state index in [2.05, 4.69) is 20.6 Å². The van der Waals surface area contributed by atoms with Crippen LogP contribution in [0.2, 0.25) is 5.15 Å². The molecule has 1 heterocycles. The fraction of sp³-hybridized carbons (Fsp3) is 0.190. The van der Waals surface area contributed by atoms with Gasteiger partial charge in [-0.05, 0) is 55.2 Å². The van der Waals surface area contributed by atoms with Gasteiger partial charge in [0.05, 0.1) is 0 Å². The molecule has 0 unspecified atom stereocenters. The molecule has 1 amide bonds. The van der Waals surface area contributed by atoms with Crippen LogP contribution in [0.3, 0.4) is 0 Å². The molecule has 138 valence electrons. The molecule has 5 nitrogen and oxygen atoms in total. The molecule has 0 saturated heterocycles. The molecule has 1 aromatic heterocycles. The van der Waals surface area contributed by atoms with E-state index < -0.39 is 0 Å². The third kappa shape index (κ3) is 5.79. The van der Waals surface area contributed by atoms with Gasteiger partial charge in [0.1, 0.15) is 17.3 Å². The van der Waals surface area contributed by atoms with Crippen LogP contribution in [0, 0.1) is 6.92 Å². The first-order chi connectivity index (χ1) is 13.1. The Morgan fingerprint density at radius 1 is 1.07 bits per heavy atom. The molecule has 2 aromatic carbocycles. The van der Waals surface area contributed by atoms with Gasteiger partial charge in [-0.2, -0.15) is 0 Å². The van der Waals surface area contributed by atoms with Gasteiger partial charge in [0.15, 0.2) is 0 Å². The number of halogens is 1. The van der Waals surface area contributed by atoms with Crippen molar-refractivity contribution in [2.24, 2.45) is 0 Å². The van der Waals surface area contributed by atoms with E-state index in [1.54, 1.807) is 6.07 Å². The van der Waals surface area contributed by atoms with Crippen molar-refractivity contribution in [3.8, 4) is 0 Å². The maximum atomic E-state index is 12.3. The predicted octanol–water partition coefficient (Wildman–Crippen LogP) is 4.74. The van der Waals surface area contributed by atoms with Gasteiger partial charge >= 0.3 is 0 Å². The highest BCUT2D eigenvalue weighted by Gasteiger charge is 2.06. The standard InChI is InChI=1S/C21H21ClN4O/c1-15-4-2-6-18(12-15)26-21(27)17-9-7-16(8-10-17)5-3-11-23-20-13-19(22)24-14-25-20/h2,4,6-10,12-14H,3,5,11H2,1H3,(H,26,27)(H,23,24,25). The van der Waals surface area contributed by atoms with Gasteiger partial charge in [-0.3, -0.25) is 4.79 Å². The average Bonchev–Trinajstić information content (AvgIpc) is 2.66. The third-order valence-corrected chi connectivity index (χ3v) is 4.28. The summed E-state index contributed by atoms with van der Waals surface area (Å²) < 4.78 is 0. The van der Waals surface area contributed by atoms with Crippen molar-refractivity contribution in [1.29, 1.82) is 0 Å². The smallest absolute Gasteiger partial charge is 0.255 e. The van der Waals surface area contributed by atoms with Gasteiger partial charge in [-0.25, -0.2) is 9.97 Å². The van der Waals surface area contributed by atoms with Crippen molar-refractivity contribution in [2.45, 2.75) is 19.8 Å². The largest absolute Gasteiger partial charge is 0.370 e. The lowest BCUT2D eigenvalue weighted by atomic mass is 10.1. The number of nitrogens with zero attached hydrogens (tertiary/aromatic N) is 2. The summed E-state index contributed by atoms with van der Waals surface area (Å²) in [4.78, 5) is 20.3. The molecule has 0 saturated carbocycles. The SMILES string of the molecule is Cc1cccc(NC(=O)c2ccc(CCCNc3cc(Cl)ncn3)cc2)c1. The maximum Gasteiger partial charge on any atom is 0.255 e. The van der Waals surface area contributed by atoms with E-state index in [9.17, 15) is 4.79 Å². The average molecular weight is 381 g/mol. The number of benzene rings is 2. The molecule has 0 bridgehead atoms. The van der Waals surface area contributed by atoms with Gasteiger partial charge in [0, 0.05) is 23.9 Å². The van der Waals surface area contributed by atoms with Crippen molar-refractivity contribution >= 4 is 29.0 Å². The molecule has 0 aliphatic carbocycles. The summed E-state index contributed by atoms with van der Waals surface area (Å²) >= 11 is 5.83. The van der Waals surface area contributed by atoms with E-state index in [0.29, 0.717) is 10.7 Å². The second-order valence-corrected chi connectivity index (χ2v) is 6.66. The summed E-state index contributed by atoms with van der Waals surface area (Å²) in [5, 5.41) is 6.56. The van der Waals surface area contributed by atoms with Crippen LogP contribution in [0.25, 0.3) is 0 Å². The Morgan fingerprint density at radius 3 is 2.63 bits per heavy atom. The number of aryl methyl sites for hydroxylation is 2. The van der Waals surface area contributed by atoms with Crippen LogP contribution < -0.4 is 10.6 Å². The molecule has 0 atom stereocenters. The van der Waals surface area contributed by atoms with Crippen molar-refractivity contribution in [2.75, 3.05) is 17.2 Å². The first-order valence-corrected chi connectivity index (χ1v) is 9.16. The monoisotopic (exact) mass is 380 g/mol. The second kappa shape index (κ2) is 9.14. The number of anilines is 2. The summed E-state index contributed by atoms with van der Waals surface area (Å²) in [6.07, 6.45) is 3.28. The number of hydrogen-bond donors (Lipinski definition) is 2. The lowest BCUT2D eigenvalue weighted by Gasteiger charge is -2.08. The van der Waals surface area contributed by atoms with E-state index in [-0.39, 0.29) is 5.91 Å². The normalized spacial score (nSPS) is 10.4. The quantitative estimate of drug-likeness (QED) is 0.459. The van der Waals surface area contributed by atoms with E-state index in [1.807, 2.05) is 55.5 Å². The first kappa shape index (κ1) is 18.9. The Kier molecular flexibility index (Phi) is 6.39. The highest BCUT2D eigenvalue weighted by molar-refractivity contribution is 6.29. The minimum absolute atomic E-state index is 0.102. The lowest BCUT2D eigenvalue weighted by molar-refractivity contribution is 0.102. The molecule has 0 aliphatic rings. The predicted molar refractivity (Wildman–Crippen MR) is 109 cm³/mol. The fourth-order valence-corrected chi connectivity index (χ4v) is 2.84. The lowest BCUT2D eigenvalue weighted by Crippen LogP contribution is -2.12. The van der Waals surface area contributed by atoms with E-state index in [1.165, 1.54) is 11.9 Å². The molecule has 3 aromatic rings. The number of aromatic nitrogens is 2. The van der Waals surface area contributed by atoms with Crippen LogP contribution in [0.5, 0.6) is 0 Å². The first-order valence-electron chi connectivity index (χ1n) is 8.78. The van der Waals surface area contributed by atoms with E-state index in [4.69, 9.17) is 11.6 Å². The summed E-state index contributed by atoms with van der Waals surface area (Å²) in [6.45, 7) is 2.78. The number of amides is 1. The minimum Gasteiger partial charge on any atom is -0.370 e. The number of carbonyl (C=O) groups is 1. The molecule has 3 rings (SSSR count). The third-order valence-electron chi connectivity index (χ3n) is 4.07. The molecule has 0 spiro atoms. The summed E-state index contributed by atoms with van der Waals surface area (Å²) in [5.41, 5.74) is 3.75. The Labute approximate surface area is 163 Å². The van der Waals surface area contributed by atoms with Gasteiger partial charge in [-0.1, -0.05) is 35.9 Å². The van der Waals surface area contributed by atoms with Gasteiger partial charge in [-0.15, -0.1) is 0 Å². The molecule has 2 N–H and O–H groups in total. The zero-order valence-electron chi connectivity index (χ0n) is 15.1. The molecule has 0 radical (unpaired) electrons. The molecule has 6 heteroatoms. The van der Waals surface area contributed by atoms with Gasteiger partial charge < -0.3 is 10.6 Å². The highest BCUT2D eigenvalue weighted by atomic mass is 35.5. The number of carbonyl (C=O) groups excluding carboxylic acids is 1. The highest BCUT2D eigenvalue weighted by Crippen LogP contribution is 2.13. The minimum atomic E-state index is -0.102. The Hall–Kier alpha value is -2.92. The summed E-state index contributed by atoms with van der Waals surface area (Å²) in [6, 6.07) is 17.2. The zero-order chi connectivity index (χ0) is 19.1. The van der Waals surface area contributed by atoms with Crippen LogP contribution in [-0.4, -0.2) is 22.4 Å². The van der Waals surface area contributed by atoms with Crippen molar-refractivity contribution in [3.05, 3.63) is 82.8 Å². The number of hydrogen-bond acceptors (Lipinski definition) is 4. The van der Waals surface area contributed by atoms with Crippen LogP contribution in [0.1, 0.15) is 27.9 Å². The number of rotatable bonds is 7. The Bertz CT molecular complexity index is 912. The summed E-state index contributed by atoms with van der Waals surface area (Å²) in [7, 11) is 0. The van der Waals surface area contributed by atoms with Gasteiger partial charge in [0.25, 0.3) is 5.91 Å². The Morgan fingerprint density at radius 2 is 1.89 bits per heavy atom. The van der Waals surface area contributed by atoms with Crippen molar-refractivity contribution in [3.63, 3.8) is 0 Å². The van der Waals surface area contributed by atoms with Crippen LogP contribution >= 0.6 is 11.6 Å². The molecular formula is C21H21ClN4O. The summed E-state index contributed by atoms with van der Waals surface area (Å²) in [5.74, 6) is 0.618. The van der Waals surface area contributed by atoms with Crippen molar-refractivity contribution in [1.82, 2.24) is 9.97 Å². The van der Waals surface area contributed by atoms with Crippen LogP contribution in [0.15, 0.2) is 60.9 Å². The van der Waals surface area contributed by atoms with Crippen LogP contribution in [0.4, 0.5) is 11.5 Å². The van der Waals surface area contributed by atoms with Gasteiger partial charge in [0.2, 0.25) is 0 Å². The fourth-order valence-electron chi connectivity index (χ4n) is 2.69. The molecular weight excluding hydrogens is 360 g/mol. The Balaban J connectivity index is 1.47. The van der Waals surface area contributed by atoms with E-state index in [0.717, 1.165) is 36.5 Å². The van der Waals surface area contributed by atoms with Crippen molar-refractivity contribution < 1.29 is 4.79 Å². The topological polar surface area (TPSA) is 66.9 Å². The number of nitrogens with one attached hydrogen (secondary N) is 2. The molecule has 0 aliphatic heterocycles. The maximum absolute atomic E-state index is 12.3.